The molecular weight excluding hydrogens is 280 g/mol. The molecule has 3 nitrogen and oxygen atoms in total. The van der Waals surface area contributed by atoms with Gasteiger partial charge in [-0.25, -0.2) is 0 Å². The zero-order valence-corrected chi connectivity index (χ0v) is 11.5. The topological polar surface area (TPSA) is 46.3 Å². The summed E-state index contributed by atoms with van der Waals surface area (Å²) in [6.45, 7) is 3.91. The van der Waals surface area contributed by atoms with Crippen LogP contribution in [0.1, 0.15) is 18.4 Å². The monoisotopic (exact) mass is 296 g/mol. The Morgan fingerprint density at radius 1 is 1.41 bits per heavy atom. The Kier molecular flexibility index (Phi) is 3.72. The lowest BCUT2D eigenvalue weighted by Gasteiger charge is -2.32. The molecule has 1 aliphatic heterocycles. The second kappa shape index (κ2) is 5.08. The lowest BCUT2D eigenvalue weighted by Crippen LogP contribution is -2.38. The van der Waals surface area contributed by atoms with Crippen molar-refractivity contribution in [3.8, 4) is 0 Å². The summed E-state index contributed by atoms with van der Waals surface area (Å²) in [6.07, 6.45) is 1.73. The Balaban J connectivity index is 2.05. The van der Waals surface area contributed by atoms with Gasteiger partial charge < -0.3 is 10.6 Å². The molecule has 0 spiro atoms. The minimum absolute atomic E-state index is 0.0581. The maximum atomic E-state index is 11.1. The van der Waals surface area contributed by atoms with Gasteiger partial charge >= 0.3 is 0 Å². The minimum Gasteiger partial charge on any atom is -0.371 e. The molecule has 0 bridgehead atoms. The average Bonchev–Trinajstić information content (AvgIpc) is 2.33. The van der Waals surface area contributed by atoms with Crippen molar-refractivity contribution in [2.75, 3.05) is 18.0 Å². The van der Waals surface area contributed by atoms with Crippen LogP contribution in [0.2, 0.25) is 0 Å². The first-order chi connectivity index (χ1) is 8.08. The summed E-state index contributed by atoms with van der Waals surface area (Å²) in [4.78, 5) is 13.4. The summed E-state index contributed by atoms with van der Waals surface area (Å²) in [6, 6.07) is 6.36. The highest BCUT2D eigenvalue weighted by atomic mass is 79.9. The summed E-state index contributed by atoms with van der Waals surface area (Å²) in [5, 5.41) is 0. The summed E-state index contributed by atoms with van der Waals surface area (Å²) >= 11 is 3.50. The van der Waals surface area contributed by atoms with Crippen LogP contribution in [0, 0.1) is 12.8 Å². The molecule has 1 aromatic carbocycles. The van der Waals surface area contributed by atoms with Gasteiger partial charge in [-0.3, -0.25) is 4.79 Å². The van der Waals surface area contributed by atoms with Gasteiger partial charge in [0.1, 0.15) is 0 Å². The molecule has 17 heavy (non-hydrogen) atoms. The number of halogens is 1. The van der Waals surface area contributed by atoms with Crippen LogP contribution in [0.25, 0.3) is 0 Å². The number of amides is 1. The van der Waals surface area contributed by atoms with E-state index in [4.69, 9.17) is 5.73 Å². The van der Waals surface area contributed by atoms with Gasteiger partial charge in [0, 0.05) is 29.2 Å². The standard InChI is InChI=1S/C13H17BrN2O/c1-9-8-11(2-3-12(9)14)16-6-4-10(5-7-16)13(15)17/h2-3,8,10H,4-7H2,1H3,(H2,15,17). The molecule has 4 heteroatoms. The number of nitrogens with zero attached hydrogens (tertiary/aromatic N) is 1. The van der Waals surface area contributed by atoms with Crippen LogP contribution in [0.15, 0.2) is 22.7 Å². The van der Waals surface area contributed by atoms with E-state index in [1.54, 1.807) is 0 Å². The van der Waals surface area contributed by atoms with Crippen LogP contribution < -0.4 is 10.6 Å². The maximum absolute atomic E-state index is 11.1. The summed E-state index contributed by atoms with van der Waals surface area (Å²) in [5.41, 5.74) is 7.80. The van der Waals surface area contributed by atoms with E-state index in [0.717, 1.165) is 30.4 Å². The zero-order chi connectivity index (χ0) is 12.4. The largest absolute Gasteiger partial charge is 0.371 e. The molecule has 0 aromatic heterocycles. The van der Waals surface area contributed by atoms with Gasteiger partial charge in [-0.2, -0.15) is 0 Å². The van der Waals surface area contributed by atoms with Gasteiger partial charge in [0.2, 0.25) is 5.91 Å². The fourth-order valence-corrected chi connectivity index (χ4v) is 2.49. The number of benzene rings is 1. The van der Waals surface area contributed by atoms with E-state index in [0.29, 0.717) is 0 Å². The molecule has 0 aliphatic carbocycles. The van der Waals surface area contributed by atoms with E-state index >= 15 is 0 Å². The number of aryl methyl sites for hydroxylation is 1. The molecule has 2 N–H and O–H groups in total. The predicted molar refractivity (Wildman–Crippen MR) is 73.0 cm³/mol. The van der Waals surface area contributed by atoms with E-state index in [9.17, 15) is 4.79 Å². The molecule has 0 radical (unpaired) electrons. The Morgan fingerprint density at radius 3 is 2.59 bits per heavy atom. The molecule has 92 valence electrons. The third kappa shape index (κ3) is 2.80. The highest BCUT2D eigenvalue weighted by molar-refractivity contribution is 9.10. The predicted octanol–water partition coefficient (Wildman–Crippen LogP) is 2.46. The van der Waals surface area contributed by atoms with Crippen LogP contribution in [0.5, 0.6) is 0 Å². The lowest BCUT2D eigenvalue weighted by molar-refractivity contribution is -0.122. The van der Waals surface area contributed by atoms with Crippen molar-refractivity contribution in [3.05, 3.63) is 28.2 Å². The van der Waals surface area contributed by atoms with Crippen LogP contribution in [-0.2, 0) is 4.79 Å². The number of carbonyl (C=O) groups excluding carboxylic acids is 1. The Labute approximate surface area is 110 Å². The van der Waals surface area contributed by atoms with Crippen LogP contribution in [-0.4, -0.2) is 19.0 Å². The van der Waals surface area contributed by atoms with Crippen molar-refractivity contribution in [2.24, 2.45) is 11.7 Å². The van der Waals surface area contributed by atoms with Crippen molar-refractivity contribution >= 4 is 27.5 Å². The molecule has 0 unspecified atom stereocenters. The third-order valence-corrected chi connectivity index (χ3v) is 4.29. The molecular formula is C13H17BrN2O. The highest BCUT2D eigenvalue weighted by Gasteiger charge is 2.23. The van der Waals surface area contributed by atoms with Crippen molar-refractivity contribution in [1.29, 1.82) is 0 Å². The molecule has 2 rings (SSSR count). The molecule has 1 saturated heterocycles. The van der Waals surface area contributed by atoms with E-state index in [1.165, 1.54) is 11.3 Å². The van der Waals surface area contributed by atoms with Crippen LogP contribution in [0.4, 0.5) is 5.69 Å². The van der Waals surface area contributed by atoms with Gasteiger partial charge in [0.05, 0.1) is 0 Å². The van der Waals surface area contributed by atoms with Gasteiger partial charge in [0.15, 0.2) is 0 Å². The highest BCUT2D eigenvalue weighted by Crippen LogP contribution is 2.26. The summed E-state index contributed by atoms with van der Waals surface area (Å²) < 4.78 is 1.13. The fourth-order valence-electron chi connectivity index (χ4n) is 2.25. The number of primary amides is 1. The molecule has 0 saturated carbocycles. The average molecular weight is 297 g/mol. The van der Waals surface area contributed by atoms with Gasteiger partial charge in [-0.1, -0.05) is 15.9 Å². The maximum Gasteiger partial charge on any atom is 0.220 e. The quantitative estimate of drug-likeness (QED) is 0.911. The SMILES string of the molecule is Cc1cc(N2CCC(C(N)=O)CC2)ccc1Br. The number of piperidine rings is 1. The number of anilines is 1. The van der Waals surface area contributed by atoms with E-state index in [1.807, 2.05) is 0 Å². The zero-order valence-electron chi connectivity index (χ0n) is 9.95. The van der Waals surface area contributed by atoms with Crippen molar-refractivity contribution in [3.63, 3.8) is 0 Å². The lowest BCUT2D eigenvalue weighted by atomic mass is 9.96. The second-order valence-electron chi connectivity index (χ2n) is 4.60. The fraction of sp³-hybridized carbons (Fsp3) is 0.462. The first-order valence-electron chi connectivity index (χ1n) is 5.88. The molecule has 1 aliphatic rings. The number of hydrogen-bond donors (Lipinski definition) is 1. The Morgan fingerprint density at radius 2 is 2.06 bits per heavy atom. The van der Waals surface area contributed by atoms with Crippen molar-refractivity contribution in [2.45, 2.75) is 19.8 Å². The first-order valence-corrected chi connectivity index (χ1v) is 6.67. The Bertz CT molecular complexity index is 425. The molecule has 1 aromatic rings. The van der Waals surface area contributed by atoms with Crippen molar-refractivity contribution < 1.29 is 4.79 Å². The molecule has 1 amide bonds. The molecule has 0 atom stereocenters. The third-order valence-electron chi connectivity index (χ3n) is 3.40. The Hall–Kier alpha value is -1.03. The van der Waals surface area contributed by atoms with E-state index in [2.05, 4.69) is 46.0 Å². The number of rotatable bonds is 2. The van der Waals surface area contributed by atoms with Crippen LogP contribution in [0.3, 0.4) is 0 Å². The number of nitrogens with two attached hydrogens (primary N) is 1. The van der Waals surface area contributed by atoms with E-state index < -0.39 is 0 Å². The summed E-state index contributed by atoms with van der Waals surface area (Å²) in [7, 11) is 0. The normalized spacial score (nSPS) is 17.2. The van der Waals surface area contributed by atoms with Gasteiger partial charge in [-0.05, 0) is 43.5 Å². The van der Waals surface area contributed by atoms with E-state index in [-0.39, 0.29) is 11.8 Å². The smallest absolute Gasteiger partial charge is 0.220 e. The van der Waals surface area contributed by atoms with Gasteiger partial charge in [0.25, 0.3) is 0 Å². The summed E-state index contributed by atoms with van der Waals surface area (Å²) in [5.74, 6) is -0.0977. The number of hydrogen-bond acceptors (Lipinski definition) is 2. The minimum atomic E-state index is -0.156. The van der Waals surface area contributed by atoms with Gasteiger partial charge in [-0.15, -0.1) is 0 Å². The number of carbonyl (C=O) groups is 1. The van der Waals surface area contributed by atoms with Crippen LogP contribution >= 0.6 is 15.9 Å². The molecule has 1 heterocycles. The van der Waals surface area contributed by atoms with Crippen molar-refractivity contribution in [1.82, 2.24) is 0 Å². The molecule has 1 fully saturated rings. The first kappa shape index (κ1) is 12.4. The second-order valence-corrected chi connectivity index (χ2v) is 5.45.